The van der Waals surface area contributed by atoms with Gasteiger partial charge < -0.3 is 16.0 Å². The Hall–Kier alpha value is -2.76. The zero-order valence-corrected chi connectivity index (χ0v) is 17.7. The molecule has 1 aliphatic heterocycles. The number of fused-ring (bicyclic) bond motifs is 1. The number of halogens is 2. The maximum absolute atomic E-state index is 13.1. The second-order valence-electron chi connectivity index (χ2n) is 7.44. The number of nitrogens with one attached hydrogen (secondary N) is 1. The molecule has 0 aromatic heterocycles. The third-order valence-electron chi connectivity index (χ3n) is 5.52. The van der Waals surface area contributed by atoms with Gasteiger partial charge in [0.05, 0.1) is 15.7 Å². The van der Waals surface area contributed by atoms with Crippen molar-refractivity contribution in [3.63, 3.8) is 0 Å². The first-order valence-electron chi connectivity index (χ1n) is 9.76. The molecule has 0 aliphatic carbocycles. The molecule has 3 aromatic rings. The van der Waals surface area contributed by atoms with Crippen LogP contribution in [-0.2, 0) is 4.79 Å². The van der Waals surface area contributed by atoms with E-state index in [1.807, 2.05) is 47.4 Å². The van der Waals surface area contributed by atoms with Gasteiger partial charge >= 0.3 is 0 Å². The summed E-state index contributed by atoms with van der Waals surface area (Å²) in [5.74, 6) is -0.288. The van der Waals surface area contributed by atoms with E-state index in [0.717, 1.165) is 10.8 Å². The van der Waals surface area contributed by atoms with Crippen molar-refractivity contribution in [2.24, 2.45) is 5.92 Å². The zero-order valence-electron chi connectivity index (χ0n) is 16.2. The Morgan fingerprint density at radius 1 is 0.967 bits per heavy atom. The summed E-state index contributed by atoms with van der Waals surface area (Å²) in [5, 5.41) is 5.44. The number of rotatable bonds is 3. The molecule has 3 N–H and O–H groups in total. The highest BCUT2D eigenvalue weighted by Gasteiger charge is 2.28. The molecule has 0 unspecified atom stereocenters. The quantitative estimate of drug-likeness (QED) is 0.546. The fraction of sp³-hybridized carbons (Fsp3) is 0.217. The van der Waals surface area contributed by atoms with E-state index in [2.05, 4.69) is 5.32 Å². The van der Waals surface area contributed by atoms with Gasteiger partial charge in [-0.05, 0) is 41.8 Å². The third-order valence-corrected chi connectivity index (χ3v) is 6.15. The van der Waals surface area contributed by atoms with Gasteiger partial charge in [0.1, 0.15) is 0 Å². The lowest BCUT2D eigenvalue weighted by Gasteiger charge is -2.31. The summed E-state index contributed by atoms with van der Waals surface area (Å²) in [6, 6.07) is 16.8. The number of anilines is 2. The molecule has 3 aromatic carbocycles. The highest BCUT2D eigenvalue weighted by atomic mass is 35.5. The first-order chi connectivity index (χ1) is 14.4. The minimum atomic E-state index is -0.184. The van der Waals surface area contributed by atoms with Gasteiger partial charge in [-0.25, -0.2) is 0 Å². The molecule has 0 spiro atoms. The molecule has 0 atom stereocenters. The van der Waals surface area contributed by atoms with Crippen LogP contribution < -0.4 is 11.1 Å². The number of carbonyl (C=O) groups is 2. The van der Waals surface area contributed by atoms with Crippen LogP contribution in [0, 0.1) is 5.92 Å². The molecule has 5 nitrogen and oxygen atoms in total. The maximum atomic E-state index is 13.1. The average molecular weight is 442 g/mol. The van der Waals surface area contributed by atoms with Gasteiger partial charge in [0.25, 0.3) is 5.91 Å². The van der Waals surface area contributed by atoms with E-state index in [0.29, 0.717) is 47.2 Å². The summed E-state index contributed by atoms with van der Waals surface area (Å²) in [6.45, 7) is 1.06. The number of hydrogen-bond donors (Lipinski definition) is 2. The van der Waals surface area contributed by atoms with Crippen molar-refractivity contribution >= 4 is 57.2 Å². The molecule has 30 heavy (non-hydrogen) atoms. The van der Waals surface area contributed by atoms with E-state index in [1.165, 1.54) is 0 Å². The molecule has 154 valence electrons. The number of likely N-dealkylation sites (tertiary alicyclic amines) is 1. The lowest BCUT2D eigenvalue weighted by Crippen LogP contribution is -2.41. The smallest absolute Gasteiger partial charge is 0.254 e. The van der Waals surface area contributed by atoms with Gasteiger partial charge in [-0.15, -0.1) is 0 Å². The molecule has 2 amide bonds. The fourth-order valence-electron chi connectivity index (χ4n) is 3.83. The van der Waals surface area contributed by atoms with Crippen LogP contribution in [0.15, 0.2) is 54.6 Å². The van der Waals surface area contributed by atoms with Crippen LogP contribution in [0.25, 0.3) is 10.8 Å². The van der Waals surface area contributed by atoms with Gasteiger partial charge in [0, 0.05) is 30.3 Å². The summed E-state index contributed by atoms with van der Waals surface area (Å²) in [6.07, 6.45) is 1.19. The topological polar surface area (TPSA) is 75.4 Å². The maximum Gasteiger partial charge on any atom is 0.254 e. The van der Waals surface area contributed by atoms with Gasteiger partial charge in [0.2, 0.25) is 5.91 Å². The number of benzene rings is 3. The Bertz CT molecular complexity index is 1100. The SMILES string of the molecule is Nc1c(Cl)cc(NC(=O)C2CCN(C(=O)c3cccc4ccccc34)CC2)cc1Cl. The molecule has 7 heteroatoms. The van der Waals surface area contributed by atoms with Gasteiger partial charge in [0.15, 0.2) is 0 Å². The highest BCUT2D eigenvalue weighted by molar-refractivity contribution is 6.39. The van der Waals surface area contributed by atoms with Gasteiger partial charge in [-0.2, -0.15) is 0 Å². The van der Waals surface area contributed by atoms with E-state index in [-0.39, 0.29) is 23.4 Å². The predicted molar refractivity (Wildman–Crippen MR) is 122 cm³/mol. The molecule has 1 heterocycles. The van der Waals surface area contributed by atoms with E-state index >= 15 is 0 Å². The van der Waals surface area contributed by atoms with Gasteiger partial charge in [-0.3, -0.25) is 9.59 Å². The standard InChI is InChI=1S/C23H21Cl2N3O2/c24-19-12-16(13-20(25)21(19)26)27-22(29)15-8-10-28(11-9-15)23(30)18-7-3-5-14-4-1-2-6-17(14)18/h1-7,12-13,15H,8-11,26H2,(H,27,29). The summed E-state index contributed by atoms with van der Waals surface area (Å²) in [4.78, 5) is 27.6. The number of nitrogens with zero attached hydrogens (tertiary/aromatic N) is 1. The summed E-state index contributed by atoms with van der Waals surface area (Å²) >= 11 is 12.1. The average Bonchev–Trinajstić information content (AvgIpc) is 2.76. The van der Waals surface area contributed by atoms with Crippen LogP contribution in [0.5, 0.6) is 0 Å². The number of nitrogen functional groups attached to an aromatic ring is 1. The van der Waals surface area contributed by atoms with E-state index in [4.69, 9.17) is 28.9 Å². The molecule has 1 saturated heterocycles. The Morgan fingerprint density at radius 3 is 2.30 bits per heavy atom. The van der Waals surface area contributed by atoms with Crippen molar-refractivity contribution in [3.05, 3.63) is 70.2 Å². The van der Waals surface area contributed by atoms with Crippen molar-refractivity contribution in [2.75, 3.05) is 24.1 Å². The second kappa shape index (κ2) is 8.54. The number of hydrogen-bond acceptors (Lipinski definition) is 3. The summed E-state index contributed by atoms with van der Waals surface area (Å²) in [7, 11) is 0. The molecule has 0 saturated carbocycles. The number of carbonyl (C=O) groups excluding carboxylic acids is 2. The van der Waals surface area contributed by atoms with Crippen molar-refractivity contribution in [2.45, 2.75) is 12.8 Å². The monoisotopic (exact) mass is 441 g/mol. The minimum absolute atomic E-state index is 0.00255. The second-order valence-corrected chi connectivity index (χ2v) is 8.25. The predicted octanol–water partition coefficient (Wildman–Crippen LogP) is 5.22. The van der Waals surface area contributed by atoms with E-state index < -0.39 is 0 Å². The third kappa shape index (κ3) is 4.09. The van der Waals surface area contributed by atoms with Crippen molar-refractivity contribution < 1.29 is 9.59 Å². The van der Waals surface area contributed by atoms with Crippen LogP contribution in [0.2, 0.25) is 10.0 Å². The normalized spacial score (nSPS) is 14.7. The lowest BCUT2D eigenvalue weighted by molar-refractivity contribution is -0.121. The Balaban J connectivity index is 1.41. The molecule has 1 aliphatic rings. The first kappa shape index (κ1) is 20.5. The van der Waals surface area contributed by atoms with Crippen LogP contribution >= 0.6 is 23.2 Å². The number of amides is 2. The fourth-order valence-corrected chi connectivity index (χ4v) is 4.31. The molecule has 4 rings (SSSR count). The van der Waals surface area contributed by atoms with Crippen LogP contribution in [0.1, 0.15) is 23.2 Å². The summed E-state index contributed by atoms with van der Waals surface area (Å²) < 4.78 is 0. The van der Waals surface area contributed by atoms with Crippen LogP contribution in [0.3, 0.4) is 0 Å². The Morgan fingerprint density at radius 2 is 1.60 bits per heavy atom. The number of piperidine rings is 1. The Labute approximate surface area is 184 Å². The van der Waals surface area contributed by atoms with Gasteiger partial charge in [-0.1, -0.05) is 59.6 Å². The largest absolute Gasteiger partial charge is 0.396 e. The minimum Gasteiger partial charge on any atom is -0.396 e. The van der Waals surface area contributed by atoms with Crippen LogP contribution in [0.4, 0.5) is 11.4 Å². The van der Waals surface area contributed by atoms with Crippen LogP contribution in [-0.4, -0.2) is 29.8 Å². The molecule has 0 radical (unpaired) electrons. The number of nitrogens with two attached hydrogens (primary N) is 1. The molecular formula is C23H21Cl2N3O2. The Kier molecular flexibility index (Phi) is 5.84. The molecule has 0 bridgehead atoms. The molecular weight excluding hydrogens is 421 g/mol. The van der Waals surface area contributed by atoms with E-state index in [1.54, 1.807) is 12.1 Å². The first-order valence-corrected chi connectivity index (χ1v) is 10.5. The highest BCUT2D eigenvalue weighted by Crippen LogP contribution is 2.32. The summed E-state index contributed by atoms with van der Waals surface area (Å²) in [5.41, 5.74) is 7.23. The van der Waals surface area contributed by atoms with Crippen molar-refractivity contribution in [3.8, 4) is 0 Å². The van der Waals surface area contributed by atoms with E-state index in [9.17, 15) is 9.59 Å². The van der Waals surface area contributed by atoms with Crippen molar-refractivity contribution in [1.82, 2.24) is 4.90 Å². The zero-order chi connectivity index (χ0) is 21.3. The lowest BCUT2D eigenvalue weighted by atomic mass is 9.94. The molecule has 1 fully saturated rings. The van der Waals surface area contributed by atoms with Crippen molar-refractivity contribution in [1.29, 1.82) is 0 Å².